The highest BCUT2D eigenvalue weighted by atomic mass is 16.7. The molecule has 0 aromatic carbocycles. The first-order valence-corrected chi connectivity index (χ1v) is 6.97. The first kappa shape index (κ1) is 11.8. The molecule has 0 bridgehead atoms. The summed E-state index contributed by atoms with van der Waals surface area (Å²) in [7, 11) is 0. The summed E-state index contributed by atoms with van der Waals surface area (Å²) < 4.78 is 0. The van der Waals surface area contributed by atoms with Crippen molar-refractivity contribution in [2.24, 2.45) is 11.8 Å². The van der Waals surface area contributed by atoms with Gasteiger partial charge in [0.15, 0.2) is 0 Å². The van der Waals surface area contributed by atoms with Crippen molar-refractivity contribution >= 4 is 11.9 Å². The molecule has 2 unspecified atom stereocenters. The van der Waals surface area contributed by atoms with Crippen LogP contribution in [-0.4, -0.2) is 23.0 Å². The molecule has 2 aliphatic carbocycles. The lowest BCUT2D eigenvalue weighted by Crippen LogP contribution is -2.54. The fourth-order valence-corrected chi connectivity index (χ4v) is 3.29. The van der Waals surface area contributed by atoms with E-state index in [1.165, 1.54) is 11.5 Å². The SMILES string of the molecule is O=C1ON(C2CCCCC2)C(=O)C2CC=CCC12. The molecule has 98 valence electrons. The highest BCUT2D eigenvalue weighted by molar-refractivity contribution is 5.89. The molecule has 0 aromatic rings. The number of nitrogens with zero attached hydrogens (tertiary/aromatic N) is 1. The molecule has 1 amide bonds. The van der Waals surface area contributed by atoms with E-state index in [9.17, 15) is 9.59 Å². The predicted molar refractivity (Wildman–Crippen MR) is 65.2 cm³/mol. The summed E-state index contributed by atoms with van der Waals surface area (Å²) in [5.74, 6) is -0.620. The van der Waals surface area contributed by atoms with Crippen LogP contribution >= 0.6 is 0 Å². The third-order valence-corrected chi connectivity index (χ3v) is 4.36. The van der Waals surface area contributed by atoms with Crippen molar-refractivity contribution in [2.75, 3.05) is 0 Å². The van der Waals surface area contributed by atoms with Crippen molar-refractivity contribution in [3.63, 3.8) is 0 Å². The minimum Gasteiger partial charge on any atom is -0.338 e. The Morgan fingerprint density at radius 1 is 1.00 bits per heavy atom. The fourth-order valence-electron chi connectivity index (χ4n) is 3.29. The van der Waals surface area contributed by atoms with Crippen LogP contribution in [0.15, 0.2) is 12.2 Å². The summed E-state index contributed by atoms with van der Waals surface area (Å²) in [5.41, 5.74) is 0. The first-order valence-electron chi connectivity index (χ1n) is 6.97. The highest BCUT2D eigenvalue weighted by Crippen LogP contribution is 2.35. The van der Waals surface area contributed by atoms with Crippen molar-refractivity contribution in [3.8, 4) is 0 Å². The van der Waals surface area contributed by atoms with E-state index in [1.807, 2.05) is 12.2 Å². The summed E-state index contributed by atoms with van der Waals surface area (Å²) in [6, 6.07) is 0.113. The van der Waals surface area contributed by atoms with Crippen molar-refractivity contribution in [1.29, 1.82) is 0 Å². The number of rotatable bonds is 1. The Labute approximate surface area is 107 Å². The van der Waals surface area contributed by atoms with Crippen LogP contribution in [0.1, 0.15) is 44.9 Å². The summed E-state index contributed by atoms with van der Waals surface area (Å²) in [4.78, 5) is 29.7. The van der Waals surface area contributed by atoms with E-state index >= 15 is 0 Å². The Morgan fingerprint density at radius 2 is 1.67 bits per heavy atom. The van der Waals surface area contributed by atoms with Crippen molar-refractivity contribution in [1.82, 2.24) is 5.06 Å². The van der Waals surface area contributed by atoms with Crippen molar-refractivity contribution in [2.45, 2.75) is 51.0 Å². The van der Waals surface area contributed by atoms with Gasteiger partial charge in [0.2, 0.25) is 0 Å². The van der Waals surface area contributed by atoms with E-state index in [1.54, 1.807) is 0 Å². The van der Waals surface area contributed by atoms with E-state index in [0.29, 0.717) is 12.8 Å². The summed E-state index contributed by atoms with van der Waals surface area (Å²) in [6.07, 6.45) is 10.7. The molecule has 0 N–H and O–H groups in total. The smallest absolute Gasteiger partial charge is 0.336 e. The fraction of sp³-hybridized carbons (Fsp3) is 0.714. The van der Waals surface area contributed by atoms with Crippen LogP contribution in [0.5, 0.6) is 0 Å². The van der Waals surface area contributed by atoms with Crippen LogP contribution < -0.4 is 0 Å². The normalized spacial score (nSPS) is 33.2. The van der Waals surface area contributed by atoms with Gasteiger partial charge in [0.1, 0.15) is 0 Å². The van der Waals surface area contributed by atoms with Crippen molar-refractivity contribution < 1.29 is 14.4 Å². The molecule has 1 saturated heterocycles. The molecule has 2 fully saturated rings. The number of allylic oxidation sites excluding steroid dienone is 2. The largest absolute Gasteiger partial charge is 0.338 e. The van der Waals surface area contributed by atoms with Gasteiger partial charge in [-0.2, -0.15) is 5.06 Å². The lowest BCUT2D eigenvalue weighted by Gasteiger charge is -2.41. The highest BCUT2D eigenvalue weighted by Gasteiger charge is 2.46. The third kappa shape index (κ3) is 1.93. The summed E-state index contributed by atoms with van der Waals surface area (Å²) >= 11 is 0. The zero-order valence-electron chi connectivity index (χ0n) is 10.5. The van der Waals surface area contributed by atoms with Gasteiger partial charge >= 0.3 is 5.97 Å². The zero-order valence-corrected chi connectivity index (χ0v) is 10.5. The standard InChI is InChI=1S/C14H19NO3/c16-13-11-8-4-5-9-12(11)14(17)18-15(13)10-6-2-1-3-7-10/h4-5,10-12H,1-3,6-9H2. The number of carbonyl (C=O) groups excluding carboxylic acids is 2. The number of hydrogen-bond acceptors (Lipinski definition) is 3. The summed E-state index contributed by atoms with van der Waals surface area (Å²) in [5, 5.41) is 1.40. The third-order valence-electron chi connectivity index (χ3n) is 4.36. The lowest BCUT2D eigenvalue weighted by atomic mass is 9.81. The number of hydrogen-bond donors (Lipinski definition) is 0. The van der Waals surface area contributed by atoms with Gasteiger partial charge in [0.05, 0.1) is 17.9 Å². The van der Waals surface area contributed by atoms with Gasteiger partial charge in [-0.05, 0) is 25.7 Å². The van der Waals surface area contributed by atoms with Gasteiger partial charge in [-0.15, -0.1) is 0 Å². The van der Waals surface area contributed by atoms with Gasteiger partial charge in [0, 0.05) is 0 Å². The topological polar surface area (TPSA) is 46.6 Å². The van der Waals surface area contributed by atoms with Gasteiger partial charge in [-0.25, -0.2) is 4.79 Å². The van der Waals surface area contributed by atoms with Crippen LogP contribution in [0.4, 0.5) is 0 Å². The minimum absolute atomic E-state index is 0.0239. The van der Waals surface area contributed by atoms with E-state index in [4.69, 9.17) is 4.84 Å². The molecule has 4 heteroatoms. The molecule has 18 heavy (non-hydrogen) atoms. The Morgan fingerprint density at radius 3 is 2.39 bits per heavy atom. The number of carbonyl (C=O) groups is 2. The Balaban J connectivity index is 1.78. The molecule has 3 aliphatic rings. The second kappa shape index (κ2) is 4.75. The molecule has 1 heterocycles. The Hall–Kier alpha value is -1.32. The average Bonchev–Trinajstić information content (AvgIpc) is 2.44. The Kier molecular flexibility index (Phi) is 3.10. The van der Waals surface area contributed by atoms with Crippen LogP contribution in [0.2, 0.25) is 0 Å². The summed E-state index contributed by atoms with van der Waals surface area (Å²) in [6.45, 7) is 0. The van der Waals surface area contributed by atoms with E-state index in [0.717, 1.165) is 25.7 Å². The van der Waals surface area contributed by atoms with Crippen LogP contribution in [0, 0.1) is 11.8 Å². The quantitative estimate of drug-likeness (QED) is 0.669. The second-order valence-corrected chi connectivity index (χ2v) is 5.52. The molecule has 0 spiro atoms. The maximum atomic E-state index is 12.4. The maximum Gasteiger partial charge on any atom is 0.336 e. The monoisotopic (exact) mass is 249 g/mol. The van der Waals surface area contributed by atoms with E-state index < -0.39 is 0 Å². The number of fused-ring (bicyclic) bond motifs is 1. The Bertz CT molecular complexity index is 385. The second-order valence-electron chi connectivity index (χ2n) is 5.52. The van der Waals surface area contributed by atoms with Gasteiger partial charge < -0.3 is 4.84 Å². The molecule has 2 atom stereocenters. The predicted octanol–water partition coefficient (Wildman–Crippen LogP) is 2.20. The molecule has 3 rings (SSSR count). The molecule has 1 saturated carbocycles. The van der Waals surface area contributed by atoms with E-state index in [2.05, 4.69) is 0 Å². The van der Waals surface area contributed by atoms with Gasteiger partial charge in [-0.1, -0.05) is 31.4 Å². The van der Waals surface area contributed by atoms with Crippen LogP contribution in [-0.2, 0) is 14.4 Å². The minimum atomic E-state index is -0.248. The maximum absolute atomic E-state index is 12.4. The van der Waals surface area contributed by atoms with Crippen LogP contribution in [0.3, 0.4) is 0 Å². The lowest BCUT2D eigenvalue weighted by molar-refractivity contribution is -0.230. The molecule has 1 aliphatic heterocycles. The molecule has 4 nitrogen and oxygen atoms in total. The average molecular weight is 249 g/mol. The van der Waals surface area contributed by atoms with Crippen molar-refractivity contribution in [3.05, 3.63) is 12.2 Å². The molecule has 0 aromatic heterocycles. The zero-order chi connectivity index (χ0) is 12.5. The molecule has 0 radical (unpaired) electrons. The van der Waals surface area contributed by atoms with Gasteiger partial charge in [-0.3, -0.25) is 4.79 Å². The van der Waals surface area contributed by atoms with Crippen LogP contribution in [0.25, 0.3) is 0 Å². The number of amides is 1. The van der Waals surface area contributed by atoms with E-state index in [-0.39, 0.29) is 29.8 Å². The molecular weight excluding hydrogens is 230 g/mol. The first-order chi connectivity index (χ1) is 8.77. The van der Waals surface area contributed by atoms with Gasteiger partial charge in [0.25, 0.3) is 5.91 Å². The molecular formula is C14H19NO3. The number of hydroxylamine groups is 2.